The molecule has 0 aromatic heterocycles. The van der Waals surface area contributed by atoms with Crippen molar-refractivity contribution >= 4 is 49.4 Å². The van der Waals surface area contributed by atoms with Gasteiger partial charge in [-0.15, -0.1) is 0 Å². The van der Waals surface area contributed by atoms with Crippen LogP contribution in [0.2, 0.25) is 5.02 Å². The van der Waals surface area contributed by atoms with E-state index >= 15 is 0 Å². The molecule has 2 atom stereocenters. The molecular weight excluding hydrogens is 393 g/mol. The fraction of sp³-hybridized carbons (Fsp3) is 0.500. The first kappa shape index (κ1) is 15.3. The zero-order chi connectivity index (χ0) is 13.8. The molecule has 5 heteroatoms. The molecule has 0 heterocycles. The van der Waals surface area contributed by atoms with E-state index < -0.39 is 0 Å². The lowest BCUT2D eigenvalue weighted by Gasteiger charge is -2.25. The summed E-state index contributed by atoms with van der Waals surface area (Å²) in [6.07, 6.45) is 4.82. The number of hydrogen-bond donors (Lipinski definition) is 1. The van der Waals surface area contributed by atoms with E-state index in [0.717, 1.165) is 17.4 Å². The first-order valence-corrected chi connectivity index (χ1v) is 8.52. The molecular formula is C14H16Br2ClNO. The lowest BCUT2D eigenvalue weighted by atomic mass is 9.89. The summed E-state index contributed by atoms with van der Waals surface area (Å²) in [5.41, 5.74) is 0.611. The second-order valence-electron chi connectivity index (χ2n) is 4.97. The largest absolute Gasteiger partial charge is 0.352 e. The van der Waals surface area contributed by atoms with Crippen molar-refractivity contribution in [2.75, 3.05) is 6.54 Å². The van der Waals surface area contributed by atoms with Crippen molar-refractivity contribution in [3.63, 3.8) is 0 Å². The van der Waals surface area contributed by atoms with Gasteiger partial charge in [0.15, 0.2) is 0 Å². The third kappa shape index (κ3) is 4.47. The molecule has 2 rings (SSSR count). The summed E-state index contributed by atoms with van der Waals surface area (Å²) in [5.74, 6) is 0.527. The lowest BCUT2D eigenvalue weighted by molar-refractivity contribution is 0.0944. The molecule has 0 spiro atoms. The Bertz CT molecular complexity index is 467. The van der Waals surface area contributed by atoms with E-state index in [9.17, 15) is 4.79 Å². The summed E-state index contributed by atoms with van der Waals surface area (Å²) in [6, 6.07) is 5.26. The van der Waals surface area contributed by atoms with Crippen molar-refractivity contribution in [3.8, 4) is 0 Å². The molecule has 0 radical (unpaired) electrons. The Morgan fingerprint density at radius 3 is 2.89 bits per heavy atom. The van der Waals surface area contributed by atoms with Crippen molar-refractivity contribution in [1.82, 2.24) is 5.32 Å². The first-order valence-electron chi connectivity index (χ1n) is 6.43. The highest BCUT2D eigenvalue weighted by atomic mass is 79.9. The number of rotatable bonds is 3. The van der Waals surface area contributed by atoms with Crippen molar-refractivity contribution in [1.29, 1.82) is 0 Å². The van der Waals surface area contributed by atoms with Crippen LogP contribution in [0.1, 0.15) is 36.0 Å². The van der Waals surface area contributed by atoms with Crippen LogP contribution in [0.25, 0.3) is 0 Å². The second kappa shape index (κ2) is 7.09. The average molecular weight is 410 g/mol. The van der Waals surface area contributed by atoms with E-state index in [0.29, 0.717) is 21.3 Å². The Morgan fingerprint density at radius 1 is 1.42 bits per heavy atom. The summed E-state index contributed by atoms with van der Waals surface area (Å²) in [5, 5.41) is 3.56. The lowest BCUT2D eigenvalue weighted by Crippen LogP contribution is -2.31. The van der Waals surface area contributed by atoms with Gasteiger partial charge in [0.05, 0.1) is 5.02 Å². The van der Waals surface area contributed by atoms with Crippen LogP contribution >= 0.6 is 43.5 Å². The Kier molecular flexibility index (Phi) is 5.72. The van der Waals surface area contributed by atoms with Crippen molar-refractivity contribution < 1.29 is 4.79 Å². The maximum Gasteiger partial charge on any atom is 0.251 e. The van der Waals surface area contributed by atoms with Crippen LogP contribution in [-0.4, -0.2) is 17.3 Å². The van der Waals surface area contributed by atoms with E-state index in [1.165, 1.54) is 19.3 Å². The van der Waals surface area contributed by atoms with Gasteiger partial charge in [-0.25, -0.2) is 0 Å². The number of carbonyl (C=O) groups excluding carboxylic acids is 1. The molecule has 0 saturated heterocycles. The maximum absolute atomic E-state index is 12.0. The molecule has 1 aliphatic carbocycles. The Labute approximate surface area is 135 Å². The molecule has 104 valence electrons. The average Bonchev–Trinajstić information content (AvgIpc) is 2.39. The standard InChI is InChI=1S/C14H16Br2ClNO/c15-11-3-1-2-9(6-11)8-18-14(19)10-4-5-12(16)13(17)7-10/h4-5,7,9,11H,1-3,6,8H2,(H,18,19). The van der Waals surface area contributed by atoms with Crippen molar-refractivity contribution in [2.45, 2.75) is 30.5 Å². The predicted molar refractivity (Wildman–Crippen MR) is 86.2 cm³/mol. The van der Waals surface area contributed by atoms with Crippen LogP contribution < -0.4 is 5.32 Å². The second-order valence-corrected chi connectivity index (χ2v) is 7.53. The zero-order valence-corrected chi connectivity index (χ0v) is 14.4. The molecule has 1 saturated carbocycles. The Morgan fingerprint density at radius 2 is 2.21 bits per heavy atom. The minimum Gasteiger partial charge on any atom is -0.352 e. The number of benzene rings is 1. The summed E-state index contributed by atoms with van der Waals surface area (Å²) in [6.45, 7) is 0.745. The van der Waals surface area contributed by atoms with E-state index in [4.69, 9.17) is 11.6 Å². The van der Waals surface area contributed by atoms with E-state index in [2.05, 4.69) is 37.2 Å². The van der Waals surface area contributed by atoms with Crippen LogP contribution in [0.3, 0.4) is 0 Å². The number of halogens is 3. The normalized spacial score (nSPS) is 23.1. The molecule has 1 aromatic carbocycles. The fourth-order valence-corrected chi connectivity index (χ4v) is 3.67. The number of amides is 1. The summed E-state index contributed by atoms with van der Waals surface area (Å²) in [7, 11) is 0. The van der Waals surface area contributed by atoms with Crippen molar-refractivity contribution in [2.24, 2.45) is 5.92 Å². The fourth-order valence-electron chi connectivity index (χ4n) is 2.39. The summed E-state index contributed by atoms with van der Waals surface area (Å²) in [4.78, 5) is 12.6. The Hall–Kier alpha value is -0.0600. The summed E-state index contributed by atoms with van der Waals surface area (Å²) >= 11 is 13.0. The van der Waals surface area contributed by atoms with Crippen LogP contribution in [0.5, 0.6) is 0 Å². The third-order valence-corrected chi connectivity index (χ3v) is 5.52. The van der Waals surface area contributed by atoms with Gasteiger partial charge >= 0.3 is 0 Å². The third-order valence-electron chi connectivity index (χ3n) is 3.45. The molecule has 1 amide bonds. The van der Waals surface area contributed by atoms with Crippen LogP contribution in [0.4, 0.5) is 0 Å². The van der Waals surface area contributed by atoms with Crippen LogP contribution in [0.15, 0.2) is 22.7 Å². The first-order chi connectivity index (χ1) is 9.06. The number of carbonyl (C=O) groups is 1. The monoisotopic (exact) mass is 407 g/mol. The van der Waals surface area contributed by atoms with Crippen molar-refractivity contribution in [3.05, 3.63) is 33.3 Å². The van der Waals surface area contributed by atoms with Gasteiger partial charge in [0.25, 0.3) is 5.91 Å². The van der Waals surface area contributed by atoms with Gasteiger partial charge < -0.3 is 5.32 Å². The van der Waals surface area contributed by atoms with Gasteiger partial charge in [-0.1, -0.05) is 34.0 Å². The van der Waals surface area contributed by atoms with Gasteiger partial charge in [0.1, 0.15) is 0 Å². The maximum atomic E-state index is 12.0. The van der Waals surface area contributed by atoms with E-state index in [1.807, 2.05) is 0 Å². The van der Waals surface area contributed by atoms with Gasteiger partial charge in [-0.3, -0.25) is 4.79 Å². The molecule has 2 unspecified atom stereocenters. The highest BCUT2D eigenvalue weighted by molar-refractivity contribution is 9.10. The molecule has 1 aliphatic rings. The Balaban J connectivity index is 1.88. The van der Waals surface area contributed by atoms with Crippen LogP contribution in [-0.2, 0) is 0 Å². The molecule has 1 fully saturated rings. The van der Waals surface area contributed by atoms with Gasteiger partial charge in [0.2, 0.25) is 0 Å². The highest BCUT2D eigenvalue weighted by Gasteiger charge is 2.20. The molecule has 2 nitrogen and oxygen atoms in total. The quantitative estimate of drug-likeness (QED) is 0.715. The topological polar surface area (TPSA) is 29.1 Å². The van der Waals surface area contributed by atoms with Gasteiger partial charge in [-0.2, -0.15) is 0 Å². The minimum atomic E-state index is -0.0499. The molecule has 0 aliphatic heterocycles. The number of nitrogens with one attached hydrogen (secondary N) is 1. The minimum absolute atomic E-state index is 0.0499. The van der Waals surface area contributed by atoms with Crippen LogP contribution in [0, 0.1) is 5.92 Å². The predicted octanol–water partition coefficient (Wildman–Crippen LogP) is 4.79. The molecule has 0 bridgehead atoms. The SMILES string of the molecule is O=C(NCC1CCCC(Br)C1)c1ccc(Br)c(Cl)c1. The van der Waals surface area contributed by atoms with Gasteiger partial charge in [-0.05, 0) is 59.3 Å². The number of alkyl halides is 1. The number of hydrogen-bond acceptors (Lipinski definition) is 1. The van der Waals surface area contributed by atoms with E-state index in [-0.39, 0.29) is 5.91 Å². The molecule has 1 N–H and O–H groups in total. The van der Waals surface area contributed by atoms with E-state index in [1.54, 1.807) is 18.2 Å². The molecule has 1 aromatic rings. The highest BCUT2D eigenvalue weighted by Crippen LogP contribution is 2.28. The summed E-state index contributed by atoms with van der Waals surface area (Å²) < 4.78 is 0.806. The molecule has 19 heavy (non-hydrogen) atoms. The van der Waals surface area contributed by atoms with Gasteiger partial charge in [0, 0.05) is 21.4 Å². The smallest absolute Gasteiger partial charge is 0.251 e. The zero-order valence-electron chi connectivity index (χ0n) is 10.5.